The molecule has 1 amide bonds. The molecule has 8 nitrogen and oxygen atoms in total. The second-order valence-corrected chi connectivity index (χ2v) is 6.19. The molecule has 0 bridgehead atoms. The molecule has 3 rings (SSSR count). The Morgan fingerprint density at radius 2 is 2.08 bits per heavy atom. The summed E-state index contributed by atoms with van der Waals surface area (Å²) in [5, 5.41) is 4.10. The van der Waals surface area contributed by atoms with Crippen molar-refractivity contribution in [1.82, 2.24) is 24.5 Å². The lowest BCUT2D eigenvalue weighted by Crippen LogP contribution is -2.44. The summed E-state index contributed by atoms with van der Waals surface area (Å²) in [6.07, 6.45) is 3.10. The van der Waals surface area contributed by atoms with Gasteiger partial charge in [-0.2, -0.15) is 4.98 Å². The zero-order valence-electron chi connectivity index (χ0n) is 14.2. The Kier molecular flexibility index (Phi) is 4.46. The van der Waals surface area contributed by atoms with Gasteiger partial charge < -0.3 is 9.64 Å². The Morgan fingerprint density at radius 1 is 1.29 bits per heavy atom. The van der Waals surface area contributed by atoms with Crippen molar-refractivity contribution in [3.05, 3.63) is 23.3 Å². The number of carbonyl (C=O) groups is 2. The average molecular weight is 331 g/mol. The minimum atomic E-state index is -0.712. The summed E-state index contributed by atoms with van der Waals surface area (Å²) in [6, 6.07) is 2.03. The van der Waals surface area contributed by atoms with E-state index in [1.54, 1.807) is 4.90 Å². The quantitative estimate of drug-likeness (QED) is 0.788. The first kappa shape index (κ1) is 16.4. The van der Waals surface area contributed by atoms with Crippen molar-refractivity contribution in [3.63, 3.8) is 0 Å². The fraction of sp³-hybridized carbons (Fsp3) is 0.562. The molecule has 1 aliphatic rings. The van der Waals surface area contributed by atoms with Crippen LogP contribution in [-0.4, -0.2) is 55.6 Å². The lowest BCUT2D eigenvalue weighted by molar-refractivity contribution is -0.137. The number of carbonyl (C=O) groups excluding carboxylic acids is 2. The fourth-order valence-corrected chi connectivity index (χ4v) is 3.00. The van der Waals surface area contributed by atoms with Gasteiger partial charge in [-0.3, -0.25) is 4.79 Å². The highest BCUT2D eigenvalue weighted by molar-refractivity contribution is 5.88. The maximum atomic E-state index is 12.2. The highest BCUT2D eigenvalue weighted by Crippen LogP contribution is 2.16. The van der Waals surface area contributed by atoms with E-state index in [-0.39, 0.29) is 24.4 Å². The Hall–Kier alpha value is -2.51. The van der Waals surface area contributed by atoms with Gasteiger partial charge >= 0.3 is 5.97 Å². The smallest absolute Gasteiger partial charge is 0.378 e. The van der Waals surface area contributed by atoms with Crippen LogP contribution in [0.5, 0.6) is 0 Å². The zero-order valence-corrected chi connectivity index (χ0v) is 14.2. The van der Waals surface area contributed by atoms with Crippen LogP contribution in [0.25, 0.3) is 5.78 Å². The third kappa shape index (κ3) is 3.22. The number of likely N-dealkylation sites (tertiary alicyclic amines) is 1. The molecule has 3 heterocycles. The topological polar surface area (TPSA) is 89.7 Å². The van der Waals surface area contributed by atoms with E-state index in [0.717, 1.165) is 30.7 Å². The van der Waals surface area contributed by atoms with Crippen LogP contribution >= 0.6 is 0 Å². The molecular weight excluding hydrogens is 310 g/mol. The van der Waals surface area contributed by atoms with Gasteiger partial charge in [0.2, 0.25) is 0 Å². The van der Waals surface area contributed by atoms with Crippen LogP contribution in [0.15, 0.2) is 6.07 Å². The molecule has 0 saturated carbocycles. The van der Waals surface area contributed by atoms with E-state index in [4.69, 9.17) is 4.74 Å². The van der Waals surface area contributed by atoms with Gasteiger partial charge in [0.05, 0.1) is 0 Å². The molecule has 1 fully saturated rings. The first-order chi connectivity index (χ1) is 11.5. The molecule has 24 heavy (non-hydrogen) atoms. The second kappa shape index (κ2) is 6.54. The Balaban J connectivity index is 1.67. The van der Waals surface area contributed by atoms with E-state index >= 15 is 0 Å². The highest BCUT2D eigenvalue weighted by atomic mass is 16.5. The number of hydrogen-bond acceptors (Lipinski definition) is 6. The molecule has 0 aliphatic carbocycles. The maximum absolute atomic E-state index is 12.2. The van der Waals surface area contributed by atoms with Crippen LogP contribution in [0.4, 0.5) is 0 Å². The molecule has 0 radical (unpaired) electrons. The molecule has 128 valence electrons. The summed E-state index contributed by atoms with van der Waals surface area (Å²) in [5.74, 6) is -0.633. The molecule has 0 spiro atoms. The van der Waals surface area contributed by atoms with Gasteiger partial charge in [-0.15, -0.1) is 5.10 Å². The van der Waals surface area contributed by atoms with Crippen LogP contribution in [0.3, 0.4) is 0 Å². The van der Waals surface area contributed by atoms with Crippen molar-refractivity contribution >= 4 is 17.7 Å². The molecule has 1 aliphatic heterocycles. The molecule has 1 unspecified atom stereocenters. The third-order valence-corrected chi connectivity index (χ3v) is 4.25. The number of aryl methyl sites for hydroxylation is 2. The lowest BCUT2D eigenvalue weighted by atomic mass is 10.0. The summed E-state index contributed by atoms with van der Waals surface area (Å²) in [6.45, 7) is 6.14. The number of piperidine rings is 1. The minimum Gasteiger partial charge on any atom is -0.450 e. The average Bonchev–Trinajstić information content (AvgIpc) is 2.97. The predicted molar refractivity (Wildman–Crippen MR) is 85.6 cm³/mol. The molecule has 2 aromatic rings. The SMILES string of the molecule is Cc1cc(C)n2nc(C(=O)OCC(=O)N3CCCCC3C)nc2n1. The van der Waals surface area contributed by atoms with Crippen molar-refractivity contribution in [2.75, 3.05) is 13.2 Å². The van der Waals surface area contributed by atoms with E-state index in [0.29, 0.717) is 12.3 Å². The van der Waals surface area contributed by atoms with Crippen LogP contribution in [0.2, 0.25) is 0 Å². The Morgan fingerprint density at radius 3 is 2.83 bits per heavy atom. The number of nitrogens with zero attached hydrogens (tertiary/aromatic N) is 5. The van der Waals surface area contributed by atoms with E-state index < -0.39 is 5.97 Å². The van der Waals surface area contributed by atoms with Crippen molar-refractivity contribution in [2.45, 2.75) is 46.1 Å². The highest BCUT2D eigenvalue weighted by Gasteiger charge is 2.25. The maximum Gasteiger partial charge on any atom is 0.378 e. The Bertz CT molecular complexity index is 785. The van der Waals surface area contributed by atoms with Gasteiger partial charge in [-0.1, -0.05) is 0 Å². The van der Waals surface area contributed by atoms with Crippen molar-refractivity contribution in [3.8, 4) is 0 Å². The van der Waals surface area contributed by atoms with Gasteiger partial charge in [0, 0.05) is 24.0 Å². The van der Waals surface area contributed by atoms with E-state index in [9.17, 15) is 9.59 Å². The van der Waals surface area contributed by atoms with Crippen LogP contribution in [0.1, 0.15) is 48.2 Å². The lowest BCUT2D eigenvalue weighted by Gasteiger charge is -2.33. The molecule has 1 saturated heterocycles. The van der Waals surface area contributed by atoms with Crippen molar-refractivity contribution < 1.29 is 14.3 Å². The van der Waals surface area contributed by atoms with Gasteiger partial charge in [0.15, 0.2) is 6.61 Å². The minimum absolute atomic E-state index is 0.0873. The van der Waals surface area contributed by atoms with Gasteiger partial charge in [0.1, 0.15) is 0 Å². The Labute approximate surface area is 139 Å². The van der Waals surface area contributed by atoms with Crippen molar-refractivity contribution in [2.24, 2.45) is 0 Å². The number of fused-ring (bicyclic) bond motifs is 1. The fourth-order valence-electron chi connectivity index (χ4n) is 3.00. The number of esters is 1. The standard InChI is InChI=1S/C16H21N5O3/c1-10-8-12(3)21-16(17-10)18-14(19-21)15(23)24-9-13(22)20-7-5-4-6-11(20)2/h8,11H,4-7,9H2,1-3H3. The largest absolute Gasteiger partial charge is 0.450 e. The zero-order chi connectivity index (χ0) is 17.3. The van der Waals surface area contributed by atoms with Crippen LogP contribution < -0.4 is 0 Å². The summed E-state index contributed by atoms with van der Waals surface area (Å²) < 4.78 is 6.58. The summed E-state index contributed by atoms with van der Waals surface area (Å²) >= 11 is 0. The molecule has 1 atom stereocenters. The first-order valence-electron chi connectivity index (χ1n) is 8.13. The molecule has 0 aromatic carbocycles. The van der Waals surface area contributed by atoms with Gasteiger partial charge in [0.25, 0.3) is 17.5 Å². The molecule has 0 N–H and O–H groups in total. The monoisotopic (exact) mass is 331 g/mol. The number of amides is 1. The number of aromatic nitrogens is 4. The summed E-state index contributed by atoms with van der Waals surface area (Å²) in [4.78, 5) is 34.4. The molecular formula is C16H21N5O3. The summed E-state index contributed by atoms with van der Waals surface area (Å²) in [7, 11) is 0. The second-order valence-electron chi connectivity index (χ2n) is 6.19. The van der Waals surface area contributed by atoms with E-state index in [2.05, 4.69) is 15.1 Å². The number of ether oxygens (including phenoxy) is 1. The van der Waals surface area contributed by atoms with E-state index in [1.807, 2.05) is 26.8 Å². The predicted octanol–water partition coefficient (Wildman–Crippen LogP) is 1.30. The van der Waals surface area contributed by atoms with Crippen molar-refractivity contribution in [1.29, 1.82) is 0 Å². The number of hydrogen-bond donors (Lipinski definition) is 0. The van der Waals surface area contributed by atoms with Crippen LogP contribution in [-0.2, 0) is 9.53 Å². The van der Waals surface area contributed by atoms with Gasteiger partial charge in [-0.25, -0.2) is 14.3 Å². The van der Waals surface area contributed by atoms with E-state index in [1.165, 1.54) is 4.52 Å². The molecule has 2 aromatic heterocycles. The number of rotatable bonds is 3. The normalized spacial score (nSPS) is 18.0. The van der Waals surface area contributed by atoms with Crippen LogP contribution in [0, 0.1) is 13.8 Å². The molecule has 8 heteroatoms. The van der Waals surface area contributed by atoms with Gasteiger partial charge in [-0.05, 0) is 46.1 Å². The summed E-state index contributed by atoms with van der Waals surface area (Å²) in [5.41, 5.74) is 1.61. The first-order valence-corrected chi connectivity index (χ1v) is 8.13. The third-order valence-electron chi connectivity index (χ3n) is 4.25.